The fourth-order valence-electron chi connectivity index (χ4n) is 2.38. The Hall–Kier alpha value is -6.08. The molecule has 0 fully saturated rings. The van der Waals surface area contributed by atoms with Gasteiger partial charge < -0.3 is 11.5 Å². The monoisotopic (exact) mass is 416 g/mol. The van der Waals surface area contributed by atoms with Gasteiger partial charge in [-0.2, -0.15) is 31.6 Å². The van der Waals surface area contributed by atoms with Crippen LogP contribution in [-0.2, 0) is 0 Å². The summed E-state index contributed by atoms with van der Waals surface area (Å²) in [6.45, 7) is 7.65. The molecular formula is C20H8N12. The van der Waals surface area contributed by atoms with E-state index in [1.54, 1.807) is 36.4 Å². The van der Waals surface area contributed by atoms with Gasteiger partial charge in [-0.15, -0.1) is 0 Å². The van der Waals surface area contributed by atoms with Gasteiger partial charge in [0.15, 0.2) is 22.8 Å². The Bertz CT molecular complexity index is 1360. The van der Waals surface area contributed by atoms with E-state index in [1.165, 1.54) is 0 Å². The first-order valence-corrected chi connectivity index (χ1v) is 8.16. The molecule has 0 saturated heterocycles. The highest BCUT2D eigenvalue weighted by atomic mass is 14.9. The molecule has 12 nitrogen and oxygen atoms in total. The van der Waals surface area contributed by atoms with Crippen LogP contribution >= 0.6 is 0 Å². The molecule has 32 heavy (non-hydrogen) atoms. The van der Waals surface area contributed by atoms with Crippen molar-refractivity contribution in [1.82, 2.24) is 9.97 Å². The molecule has 1 aromatic rings. The molecule has 4 N–H and O–H groups in total. The molecule has 1 aromatic heterocycles. The first kappa shape index (κ1) is 22.2. The highest BCUT2D eigenvalue weighted by Crippen LogP contribution is 2.32. The average Bonchev–Trinajstić information content (AvgIpc) is 2.82. The summed E-state index contributed by atoms with van der Waals surface area (Å²) < 4.78 is 0. The Morgan fingerprint density at radius 1 is 0.656 bits per heavy atom. The van der Waals surface area contributed by atoms with E-state index in [2.05, 4.69) is 33.1 Å². The molecule has 1 aliphatic rings. The number of aliphatic imine (C=N–C) groups is 2. The molecule has 0 spiro atoms. The summed E-state index contributed by atoms with van der Waals surface area (Å²) in [4.78, 5) is 16.2. The van der Waals surface area contributed by atoms with Crippen molar-refractivity contribution >= 4 is 22.6 Å². The number of hydrogen-bond donors (Lipinski definition) is 2. The highest BCUT2D eigenvalue weighted by molar-refractivity contribution is 6.70. The number of aromatic nitrogens is 2. The van der Waals surface area contributed by atoms with Crippen molar-refractivity contribution in [2.75, 3.05) is 0 Å². The first-order chi connectivity index (χ1) is 15.3. The quantitative estimate of drug-likeness (QED) is 0.634. The summed E-state index contributed by atoms with van der Waals surface area (Å²) in [6, 6.07) is 9.95. The van der Waals surface area contributed by atoms with Gasteiger partial charge in [-0.25, -0.2) is 20.0 Å². The maximum atomic E-state index is 9.33. The number of hydrogen-bond acceptors (Lipinski definition) is 12. The molecular weight excluding hydrogens is 408 g/mol. The summed E-state index contributed by atoms with van der Waals surface area (Å²) in [5.41, 5.74) is 8.02. The Labute approximate surface area is 181 Å². The normalized spacial score (nSPS) is 16.2. The second-order valence-electron chi connectivity index (χ2n) is 5.69. The highest BCUT2D eigenvalue weighted by Gasteiger charge is 2.32. The molecule has 0 unspecified atom stereocenters. The minimum Gasteiger partial charge on any atom is -0.388 e. The predicted molar refractivity (Wildman–Crippen MR) is 109 cm³/mol. The molecule has 1 aliphatic carbocycles. The maximum absolute atomic E-state index is 9.33. The fourth-order valence-corrected chi connectivity index (χ4v) is 2.38. The van der Waals surface area contributed by atoms with E-state index in [9.17, 15) is 21.0 Å². The van der Waals surface area contributed by atoms with Crippen LogP contribution in [0.4, 0.5) is 0 Å². The van der Waals surface area contributed by atoms with Gasteiger partial charge in [0.2, 0.25) is 0 Å². The largest absolute Gasteiger partial charge is 0.388 e. The van der Waals surface area contributed by atoms with Gasteiger partial charge in [0.05, 0.1) is 22.8 Å². The van der Waals surface area contributed by atoms with Crippen molar-refractivity contribution in [1.29, 1.82) is 31.6 Å². The minimum absolute atomic E-state index is 0.00631. The van der Waals surface area contributed by atoms with Crippen molar-refractivity contribution in [2.45, 2.75) is 0 Å². The van der Waals surface area contributed by atoms with E-state index in [4.69, 9.17) is 22.0 Å². The van der Waals surface area contributed by atoms with E-state index in [0.717, 1.165) is 0 Å². The topological polar surface area (TPSA) is 245 Å². The fraction of sp³-hybridized carbons (Fsp3) is 0. The van der Waals surface area contributed by atoms with Gasteiger partial charge in [0, 0.05) is 11.1 Å². The summed E-state index contributed by atoms with van der Waals surface area (Å²) in [7, 11) is 0. The molecule has 2 rings (SSSR count). The van der Waals surface area contributed by atoms with Gasteiger partial charge in [0.1, 0.15) is 47.8 Å². The second kappa shape index (κ2) is 8.95. The molecule has 1 heterocycles. The number of fused-ring (bicyclic) bond motifs is 1. The molecule has 12 heteroatoms. The zero-order valence-corrected chi connectivity index (χ0v) is 16.0. The van der Waals surface area contributed by atoms with Crippen molar-refractivity contribution in [3.8, 4) is 36.4 Å². The Morgan fingerprint density at radius 2 is 1.00 bits per heavy atom. The molecule has 0 atom stereocenters. The van der Waals surface area contributed by atoms with Crippen LogP contribution in [0.15, 0.2) is 45.9 Å². The third kappa shape index (κ3) is 3.75. The van der Waals surface area contributed by atoms with Crippen molar-refractivity contribution in [3.63, 3.8) is 0 Å². The average molecular weight is 416 g/mol. The van der Waals surface area contributed by atoms with Gasteiger partial charge >= 0.3 is 0 Å². The van der Waals surface area contributed by atoms with Gasteiger partial charge in [-0.05, 0) is 0 Å². The maximum Gasteiger partial charge on any atom is 0.177 e. The van der Waals surface area contributed by atoms with Crippen LogP contribution in [0.5, 0.6) is 0 Å². The van der Waals surface area contributed by atoms with Crippen LogP contribution in [0.3, 0.4) is 0 Å². The Morgan fingerprint density at radius 3 is 1.25 bits per heavy atom. The van der Waals surface area contributed by atoms with E-state index in [-0.39, 0.29) is 45.3 Å². The summed E-state index contributed by atoms with van der Waals surface area (Å²) in [6.07, 6.45) is 0. The smallest absolute Gasteiger partial charge is 0.177 e. The lowest BCUT2D eigenvalue weighted by Crippen LogP contribution is -2.27. The summed E-state index contributed by atoms with van der Waals surface area (Å²) in [5.74, 6) is 0. The van der Waals surface area contributed by atoms with Crippen LogP contribution in [0.25, 0.3) is 11.1 Å². The molecule has 0 bridgehead atoms. The lowest BCUT2D eigenvalue weighted by Gasteiger charge is -2.22. The molecule has 0 aliphatic heterocycles. The third-order valence-corrected chi connectivity index (χ3v) is 3.89. The van der Waals surface area contributed by atoms with E-state index >= 15 is 0 Å². The lowest BCUT2D eigenvalue weighted by molar-refractivity contribution is 1.09. The second-order valence-corrected chi connectivity index (χ2v) is 5.69. The lowest BCUT2D eigenvalue weighted by atomic mass is 9.87. The molecule has 0 radical (unpaired) electrons. The number of nitrogens with two attached hydrogens (primary N) is 2. The predicted octanol–water partition coefficient (Wildman–Crippen LogP) is 0.577. The number of nitrogens with zero attached hydrogens (tertiary/aromatic N) is 10. The standard InChI is InChI=1S/C20H8N12/c1-9-17(29-13(5-23)11(27)3-21)18(30-14(6-24)12(28)4-22)10(2)20-19(9)31-15(7-25)16(8-26)32-20/h1-2,27-28H2/b13-11-,14-12-,29-17+,30-18+. The number of nitriles is 6. The summed E-state index contributed by atoms with van der Waals surface area (Å²) >= 11 is 0. The van der Waals surface area contributed by atoms with Gasteiger partial charge in [-0.3, -0.25) is 0 Å². The van der Waals surface area contributed by atoms with Crippen molar-refractivity contribution < 1.29 is 0 Å². The Balaban J connectivity index is 3.03. The van der Waals surface area contributed by atoms with Crippen LogP contribution < -0.4 is 11.5 Å². The van der Waals surface area contributed by atoms with Crippen LogP contribution in [-0.4, -0.2) is 21.4 Å². The van der Waals surface area contributed by atoms with Crippen LogP contribution in [0.2, 0.25) is 0 Å². The molecule has 0 amide bonds. The van der Waals surface area contributed by atoms with E-state index < -0.39 is 22.8 Å². The number of allylic oxidation sites excluding steroid dienone is 6. The third-order valence-electron chi connectivity index (χ3n) is 3.89. The van der Waals surface area contributed by atoms with E-state index in [0.29, 0.717) is 0 Å². The first-order valence-electron chi connectivity index (χ1n) is 8.16. The van der Waals surface area contributed by atoms with Crippen LogP contribution in [0, 0.1) is 68.0 Å². The minimum atomic E-state index is -0.514. The zero-order valence-electron chi connectivity index (χ0n) is 16.0. The van der Waals surface area contributed by atoms with Crippen LogP contribution in [0.1, 0.15) is 22.8 Å². The molecule has 0 aromatic carbocycles. The SMILES string of the molecule is C=C1C(=N\C(C#N)=C(/N)C#N)/C(=N/C(C#N)=C(\N)C#N)C(=C)c2nc(C#N)c(C#N)nc21. The van der Waals surface area contributed by atoms with Gasteiger partial charge in [-0.1, -0.05) is 13.2 Å². The molecule has 0 saturated carbocycles. The van der Waals surface area contributed by atoms with Crippen molar-refractivity contribution in [2.24, 2.45) is 21.5 Å². The van der Waals surface area contributed by atoms with Crippen molar-refractivity contribution in [3.05, 3.63) is 58.7 Å². The summed E-state index contributed by atoms with van der Waals surface area (Å²) in [5, 5.41) is 55.2. The van der Waals surface area contributed by atoms with Gasteiger partial charge in [0.25, 0.3) is 0 Å². The molecule has 148 valence electrons. The zero-order chi connectivity index (χ0) is 24.0. The Kier molecular flexibility index (Phi) is 6.21. The number of rotatable bonds is 2. The van der Waals surface area contributed by atoms with E-state index in [1.807, 2.05) is 0 Å².